The molecule has 3 heterocycles. The van der Waals surface area contributed by atoms with Crippen molar-refractivity contribution in [2.75, 3.05) is 24.6 Å². The molecule has 0 aliphatic carbocycles. The van der Waals surface area contributed by atoms with Crippen molar-refractivity contribution in [2.45, 2.75) is 12.6 Å². The average Bonchev–Trinajstić information content (AvgIpc) is 3.16. The largest absolute Gasteiger partial charge is 0.373 e. The number of ether oxygens (including phenoxy) is 1. The van der Waals surface area contributed by atoms with Gasteiger partial charge in [0.05, 0.1) is 19.3 Å². The third-order valence-electron chi connectivity index (χ3n) is 3.99. The maximum absolute atomic E-state index is 5.84. The monoisotopic (exact) mass is 322 g/mol. The summed E-state index contributed by atoms with van der Waals surface area (Å²) < 4.78 is 7.64. The molecule has 1 fully saturated rings. The van der Waals surface area contributed by atoms with Gasteiger partial charge in [0.25, 0.3) is 0 Å². The molecular weight excluding hydrogens is 304 g/mol. The highest BCUT2D eigenvalue weighted by Gasteiger charge is 2.22. The molecule has 3 aromatic rings. The summed E-state index contributed by atoms with van der Waals surface area (Å²) in [6, 6.07) is 12.0. The van der Waals surface area contributed by atoms with Crippen LogP contribution in [0.2, 0.25) is 0 Å². The van der Waals surface area contributed by atoms with E-state index in [1.807, 2.05) is 42.6 Å². The standard InChI is InChI=1S/C17H18N6O/c1-2-4-14(5-3-1)17-19-7-6-16(21-17)22-8-9-24-15(10-22)11-23-13-18-12-20-23/h1-7,12-13,15H,8-11H2/t15-/m1/s1. The van der Waals surface area contributed by atoms with Crippen LogP contribution in [0.4, 0.5) is 5.82 Å². The molecule has 4 rings (SSSR count). The highest BCUT2D eigenvalue weighted by molar-refractivity contribution is 5.57. The fraction of sp³-hybridized carbons (Fsp3) is 0.294. The Balaban J connectivity index is 1.51. The molecule has 0 saturated carbocycles. The summed E-state index contributed by atoms with van der Waals surface area (Å²) in [6.07, 6.45) is 5.13. The molecule has 0 N–H and O–H groups in total. The third kappa shape index (κ3) is 3.26. The van der Waals surface area contributed by atoms with Gasteiger partial charge in [0.2, 0.25) is 0 Å². The first-order valence-electron chi connectivity index (χ1n) is 7.96. The average molecular weight is 322 g/mol. The molecule has 0 unspecified atom stereocenters. The van der Waals surface area contributed by atoms with E-state index in [0.717, 1.165) is 30.3 Å². The minimum atomic E-state index is 0.0654. The molecule has 2 aromatic heterocycles. The first-order chi connectivity index (χ1) is 11.9. The molecule has 1 aliphatic rings. The van der Waals surface area contributed by atoms with Crippen LogP contribution in [0, 0.1) is 0 Å². The van der Waals surface area contributed by atoms with E-state index in [-0.39, 0.29) is 6.10 Å². The van der Waals surface area contributed by atoms with Gasteiger partial charge in [-0.15, -0.1) is 0 Å². The molecule has 0 spiro atoms. The second kappa shape index (κ2) is 6.76. The molecular formula is C17H18N6O. The van der Waals surface area contributed by atoms with Crippen LogP contribution in [0.25, 0.3) is 11.4 Å². The summed E-state index contributed by atoms with van der Waals surface area (Å²) in [4.78, 5) is 15.3. The Kier molecular flexibility index (Phi) is 4.16. The fourth-order valence-corrected chi connectivity index (χ4v) is 2.83. The molecule has 122 valence electrons. The van der Waals surface area contributed by atoms with Crippen molar-refractivity contribution in [1.29, 1.82) is 0 Å². The smallest absolute Gasteiger partial charge is 0.161 e. The van der Waals surface area contributed by atoms with Crippen LogP contribution in [-0.2, 0) is 11.3 Å². The molecule has 1 aromatic carbocycles. The number of hydrogen-bond donors (Lipinski definition) is 0. The molecule has 0 radical (unpaired) electrons. The van der Waals surface area contributed by atoms with Crippen LogP contribution in [0.3, 0.4) is 0 Å². The van der Waals surface area contributed by atoms with E-state index in [2.05, 4.69) is 20.0 Å². The summed E-state index contributed by atoms with van der Waals surface area (Å²) in [5, 5.41) is 4.14. The summed E-state index contributed by atoms with van der Waals surface area (Å²) in [7, 11) is 0. The summed E-state index contributed by atoms with van der Waals surface area (Å²) >= 11 is 0. The molecule has 1 saturated heterocycles. The Morgan fingerprint density at radius 3 is 2.92 bits per heavy atom. The summed E-state index contributed by atoms with van der Waals surface area (Å²) in [5.74, 6) is 1.67. The Bertz CT molecular complexity index is 777. The Labute approximate surface area is 140 Å². The zero-order valence-corrected chi connectivity index (χ0v) is 13.2. The minimum absolute atomic E-state index is 0.0654. The van der Waals surface area contributed by atoms with Gasteiger partial charge < -0.3 is 9.64 Å². The second-order valence-electron chi connectivity index (χ2n) is 5.66. The normalized spacial score (nSPS) is 17.8. The number of hydrogen-bond acceptors (Lipinski definition) is 6. The lowest BCUT2D eigenvalue weighted by molar-refractivity contribution is 0.0271. The van der Waals surface area contributed by atoms with Crippen LogP contribution in [-0.4, -0.2) is 50.5 Å². The van der Waals surface area contributed by atoms with Crippen molar-refractivity contribution in [3.05, 3.63) is 55.2 Å². The van der Waals surface area contributed by atoms with E-state index in [4.69, 9.17) is 9.72 Å². The molecule has 7 nitrogen and oxygen atoms in total. The maximum atomic E-state index is 5.84. The second-order valence-corrected chi connectivity index (χ2v) is 5.66. The lowest BCUT2D eigenvalue weighted by Crippen LogP contribution is -2.44. The SMILES string of the molecule is c1ccc(-c2nccc(N3CCO[C@@H](Cn4cncn4)C3)n2)cc1. The lowest BCUT2D eigenvalue weighted by atomic mass is 10.2. The van der Waals surface area contributed by atoms with Crippen LogP contribution >= 0.6 is 0 Å². The van der Waals surface area contributed by atoms with Gasteiger partial charge in [0, 0.05) is 24.8 Å². The Morgan fingerprint density at radius 1 is 1.17 bits per heavy atom. The Morgan fingerprint density at radius 2 is 2.08 bits per heavy atom. The van der Waals surface area contributed by atoms with Gasteiger partial charge in [-0.25, -0.2) is 15.0 Å². The van der Waals surface area contributed by atoms with Gasteiger partial charge in [-0.3, -0.25) is 4.68 Å². The van der Waals surface area contributed by atoms with Crippen LogP contribution in [0.15, 0.2) is 55.2 Å². The van der Waals surface area contributed by atoms with Gasteiger partial charge in [-0.05, 0) is 6.07 Å². The number of benzene rings is 1. The van der Waals surface area contributed by atoms with E-state index in [0.29, 0.717) is 13.2 Å². The predicted octanol–water partition coefficient (Wildman–Crippen LogP) is 1.64. The highest BCUT2D eigenvalue weighted by Crippen LogP contribution is 2.20. The molecule has 1 atom stereocenters. The van der Waals surface area contributed by atoms with E-state index in [1.165, 1.54) is 6.33 Å². The van der Waals surface area contributed by atoms with Crippen molar-refractivity contribution in [3.63, 3.8) is 0 Å². The van der Waals surface area contributed by atoms with Crippen molar-refractivity contribution in [1.82, 2.24) is 24.7 Å². The number of morpholine rings is 1. The van der Waals surface area contributed by atoms with E-state index in [1.54, 1.807) is 11.0 Å². The molecule has 0 bridgehead atoms. The number of aromatic nitrogens is 5. The quantitative estimate of drug-likeness (QED) is 0.727. The lowest BCUT2D eigenvalue weighted by Gasteiger charge is -2.33. The first kappa shape index (κ1) is 14.8. The first-order valence-corrected chi connectivity index (χ1v) is 7.96. The molecule has 1 aliphatic heterocycles. The zero-order valence-electron chi connectivity index (χ0n) is 13.2. The van der Waals surface area contributed by atoms with Gasteiger partial charge in [-0.2, -0.15) is 5.10 Å². The zero-order chi connectivity index (χ0) is 16.2. The third-order valence-corrected chi connectivity index (χ3v) is 3.99. The fourth-order valence-electron chi connectivity index (χ4n) is 2.83. The van der Waals surface area contributed by atoms with Gasteiger partial charge in [0.15, 0.2) is 5.82 Å². The molecule has 7 heteroatoms. The number of rotatable bonds is 4. The van der Waals surface area contributed by atoms with E-state index in [9.17, 15) is 0 Å². The summed E-state index contributed by atoms with van der Waals surface area (Å²) in [5.41, 5.74) is 1.02. The van der Waals surface area contributed by atoms with Crippen molar-refractivity contribution < 1.29 is 4.74 Å². The maximum Gasteiger partial charge on any atom is 0.161 e. The topological polar surface area (TPSA) is 69.0 Å². The number of nitrogens with zero attached hydrogens (tertiary/aromatic N) is 6. The minimum Gasteiger partial charge on any atom is -0.373 e. The number of anilines is 1. The van der Waals surface area contributed by atoms with Crippen molar-refractivity contribution in [2.24, 2.45) is 0 Å². The summed E-state index contributed by atoms with van der Waals surface area (Å²) in [6.45, 7) is 2.95. The molecule has 0 amide bonds. The van der Waals surface area contributed by atoms with Crippen molar-refractivity contribution in [3.8, 4) is 11.4 Å². The van der Waals surface area contributed by atoms with Crippen LogP contribution in [0.1, 0.15) is 0 Å². The Hall–Kier alpha value is -2.80. The predicted molar refractivity (Wildman–Crippen MR) is 89.4 cm³/mol. The van der Waals surface area contributed by atoms with E-state index < -0.39 is 0 Å². The van der Waals surface area contributed by atoms with Gasteiger partial charge >= 0.3 is 0 Å². The van der Waals surface area contributed by atoms with Crippen LogP contribution < -0.4 is 4.90 Å². The van der Waals surface area contributed by atoms with Gasteiger partial charge in [0.1, 0.15) is 18.5 Å². The molecule has 24 heavy (non-hydrogen) atoms. The highest BCUT2D eigenvalue weighted by atomic mass is 16.5. The van der Waals surface area contributed by atoms with E-state index >= 15 is 0 Å². The van der Waals surface area contributed by atoms with Crippen LogP contribution in [0.5, 0.6) is 0 Å². The van der Waals surface area contributed by atoms with Crippen molar-refractivity contribution >= 4 is 5.82 Å². The van der Waals surface area contributed by atoms with Gasteiger partial charge in [-0.1, -0.05) is 30.3 Å².